The zero-order valence-electron chi connectivity index (χ0n) is 8.83. The molecule has 0 aromatic heterocycles. The second-order valence-electron chi connectivity index (χ2n) is 3.14. The van der Waals surface area contributed by atoms with E-state index in [1.807, 2.05) is 0 Å². The SMILES string of the molecule is CCOC(=O)CC(=O)c1ccc(N)c(Cl)c1. The maximum Gasteiger partial charge on any atom is 0.313 e. The molecular formula is C11H12ClNO3. The minimum absolute atomic E-state index is 0.259. The molecule has 5 heteroatoms. The summed E-state index contributed by atoms with van der Waals surface area (Å²) in [5, 5.41) is 0.301. The molecule has 0 radical (unpaired) electrons. The minimum atomic E-state index is -0.541. The smallest absolute Gasteiger partial charge is 0.313 e. The number of ketones is 1. The van der Waals surface area contributed by atoms with Gasteiger partial charge >= 0.3 is 5.97 Å². The molecule has 0 bridgehead atoms. The van der Waals surface area contributed by atoms with E-state index in [0.717, 1.165) is 0 Å². The number of hydrogen-bond acceptors (Lipinski definition) is 4. The van der Waals surface area contributed by atoms with Gasteiger partial charge in [0.2, 0.25) is 0 Å². The number of ether oxygens (including phenoxy) is 1. The minimum Gasteiger partial charge on any atom is -0.466 e. The molecule has 0 atom stereocenters. The molecule has 0 fully saturated rings. The fraction of sp³-hybridized carbons (Fsp3) is 0.273. The van der Waals surface area contributed by atoms with Crippen LogP contribution in [0.15, 0.2) is 18.2 Å². The van der Waals surface area contributed by atoms with E-state index in [9.17, 15) is 9.59 Å². The number of benzene rings is 1. The van der Waals surface area contributed by atoms with Crippen LogP contribution in [0, 0.1) is 0 Å². The van der Waals surface area contributed by atoms with E-state index < -0.39 is 5.97 Å². The highest BCUT2D eigenvalue weighted by atomic mass is 35.5. The maximum atomic E-state index is 11.6. The lowest BCUT2D eigenvalue weighted by molar-refractivity contribution is -0.141. The van der Waals surface area contributed by atoms with Gasteiger partial charge in [-0.05, 0) is 25.1 Å². The third-order valence-corrected chi connectivity index (χ3v) is 2.26. The van der Waals surface area contributed by atoms with Gasteiger partial charge in [-0.2, -0.15) is 0 Å². The first-order valence-corrected chi connectivity index (χ1v) is 5.16. The van der Waals surface area contributed by atoms with E-state index in [1.165, 1.54) is 18.2 Å². The number of halogens is 1. The summed E-state index contributed by atoms with van der Waals surface area (Å²) < 4.78 is 4.67. The van der Waals surface area contributed by atoms with Crippen LogP contribution in [0.5, 0.6) is 0 Å². The van der Waals surface area contributed by atoms with Crippen molar-refractivity contribution in [1.29, 1.82) is 0 Å². The molecule has 0 saturated heterocycles. The summed E-state index contributed by atoms with van der Waals surface area (Å²) in [5.41, 5.74) is 6.25. The van der Waals surface area contributed by atoms with Gasteiger partial charge in [0.15, 0.2) is 5.78 Å². The molecule has 86 valence electrons. The molecule has 0 aliphatic rings. The first-order valence-electron chi connectivity index (χ1n) is 4.78. The van der Waals surface area contributed by atoms with Crippen molar-refractivity contribution < 1.29 is 14.3 Å². The number of rotatable bonds is 4. The van der Waals surface area contributed by atoms with E-state index in [0.29, 0.717) is 16.3 Å². The quantitative estimate of drug-likeness (QED) is 0.379. The highest BCUT2D eigenvalue weighted by Gasteiger charge is 2.13. The van der Waals surface area contributed by atoms with Gasteiger partial charge in [-0.15, -0.1) is 0 Å². The van der Waals surface area contributed by atoms with Crippen LogP contribution in [0.4, 0.5) is 5.69 Å². The molecule has 0 heterocycles. The number of nitrogens with two attached hydrogens (primary N) is 1. The lowest BCUT2D eigenvalue weighted by Crippen LogP contribution is -2.11. The molecule has 1 aromatic rings. The van der Waals surface area contributed by atoms with Crippen molar-refractivity contribution in [2.24, 2.45) is 0 Å². The van der Waals surface area contributed by atoms with E-state index in [-0.39, 0.29) is 18.8 Å². The standard InChI is InChI=1S/C11H12ClNO3/c1-2-16-11(15)6-10(14)7-3-4-9(13)8(12)5-7/h3-5H,2,6,13H2,1H3. The van der Waals surface area contributed by atoms with Gasteiger partial charge in [-0.25, -0.2) is 0 Å². The van der Waals surface area contributed by atoms with Crippen LogP contribution in [0.3, 0.4) is 0 Å². The molecule has 0 saturated carbocycles. The Kier molecular flexibility index (Phi) is 4.31. The molecular weight excluding hydrogens is 230 g/mol. The zero-order chi connectivity index (χ0) is 12.1. The van der Waals surface area contributed by atoms with E-state index in [1.54, 1.807) is 6.92 Å². The topological polar surface area (TPSA) is 69.4 Å². The Balaban J connectivity index is 2.73. The maximum absolute atomic E-state index is 11.6. The highest BCUT2D eigenvalue weighted by molar-refractivity contribution is 6.33. The van der Waals surface area contributed by atoms with Gasteiger partial charge in [0, 0.05) is 5.56 Å². The summed E-state index contributed by atoms with van der Waals surface area (Å²) in [6.45, 7) is 1.94. The third kappa shape index (κ3) is 3.24. The predicted octanol–water partition coefficient (Wildman–Crippen LogP) is 2.06. The summed E-state index contributed by atoms with van der Waals surface area (Å²) >= 11 is 5.76. The Morgan fingerprint density at radius 1 is 1.44 bits per heavy atom. The van der Waals surface area contributed by atoms with Crippen molar-refractivity contribution in [1.82, 2.24) is 0 Å². The van der Waals surface area contributed by atoms with Crippen molar-refractivity contribution in [3.05, 3.63) is 28.8 Å². The van der Waals surface area contributed by atoms with Crippen LogP contribution < -0.4 is 5.73 Å². The average molecular weight is 242 g/mol. The van der Waals surface area contributed by atoms with E-state index in [2.05, 4.69) is 4.74 Å². The summed E-state index contributed by atoms with van der Waals surface area (Å²) in [5.74, 6) is -0.874. The van der Waals surface area contributed by atoms with Crippen molar-refractivity contribution in [2.75, 3.05) is 12.3 Å². The molecule has 4 nitrogen and oxygen atoms in total. The first-order chi connectivity index (χ1) is 7.54. The number of esters is 1. The summed E-state index contributed by atoms with van der Waals surface area (Å²) in [4.78, 5) is 22.7. The van der Waals surface area contributed by atoms with E-state index in [4.69, 9.17) is 17.3 Å². The third-order valence-electron chi connectivity index (χ3n) is 1.93. The summed E-state index contributed by atoms with van der Waals surface area (Å²) in [7, 11) is 0. The molecule has 0 aliphatic heterocycles. The average Bonchev–Trinajstić information content (AvgIpc) is 2.22. The Labute approximate surface area is 98.3 Å². The van der Waals surface area contributed by atoms with Crippen LogP contribution in [0.25, 0.3) is 0 Å². The van der Waals surface area contributed by atoms with Crippen molar-refractivity contribution in [3.63, 3.8) is 0 Å². The van der Waals surface area contributed by atoms with Gasteiger partial charge in [0.1, 0.15) is 6.42 Å². The van der Waals surface area contributed by atoms with Gasteiger partial charge in [-0.1, -0.05) is 11.6 Å². The molecule has 0 spiro atoms. The number of carbonyl (C=O) groups excluding carboxylic acids is 2. The number of hydrogen-bond donors (Lipinski definition) is 1. The fourth-order valence-corrected chi connectivity index (χ4v) is 1.33. The molecule has 2 N–H and O–H groups in total. The van der Waals surface area contributed by atoms with Crippen molar-refractivity contribution in [3.8, 4) is 0 Å². The first kappa shape index (κ1) is 12.5. The monoisotopic (exact) mass is 241 g/mol. The number of Topliss-reactive ketones (excluding diaryl/α,β-unsaturated/α-hetero) is 1. The molecule has 0 aliphatic carbocycles. The Hall–Kier alpha value is -1.55. The second kappa shape index (κ2) is 5.51. The molecule has 0 unspecified atom stereocenters. The normalized spacial score (nSPS) is 9.88. The van der Waals surface area contributed by atoms with Crippen LogP contribution in [0.2, 0.25) is 5.02 Å². The van der Waals surface area contributed by atoms with Crippen LogP contribution >= 0.6 is 11.6 Å². The Morgan fingerprint density at radius 2 is 2.12 bits per heavy atom. The molecule has 0 amide bonds. The number of carbonyl (C=O) groups is 2. The zero-order valence-corrected chi connectivity index (χ0v) is 9.58. The number of anilines is 1. The fourth-order valence-electron chi connectivity index (χ4n) is 1.15. The van der Waals surface area contributed by atoms with Crippen LogP contribution in [0.1, 0.15) is 23.7 Å². The summed E-state index contributed by atoms with van der Waals surface area (Å²) in [6, 6.07) is 4.50. The highest BCUT2D eigenvalue weighted by Crippen LogP contribution is 2.20. The van der Waals surface area contributed by atoms with E-state index >= 15 is 0 Å². The van der Waals surface area contributed by atoms with Crippen LogP contribution in [-0.4, -0.2) is 18.4 Å². The van der Waals surface area contributed by atoms with Crippen molar-refractivity contribution >= 4 is 29.0 Å². The van der Waals surface area contributed by atoms with Gasteiger partial charge in [-0.3, -0.25) is 9.59 Å². The molecule has 1 aromatic carbocycles. The van der Waals surface area contributed by atoms with Crippen molar-refractivity contribution in [2.45, 2.75) is 13.3 Å². The number of nitrogen functional groups attached to an aromatic ring is 1. The van der Waals surface area contributed by atoms with Gasteiger partial charge < -0.3 is 10.5 Å². The molecule has 1 rings (SSSR count). The van der Waals surface area contributed by atoms with Gasteiger partial charge in [0.05, 0.1) is 17.3 Å². The lowest BCUT2D eigenvalue weighted by Gasteiger charge is -2.03. The largest absolute Gasteiger partial charge is 0.466 e. The Bertz CT molecular complexity index is 418. The lowest BCUT2D eigenvalue weighted by atomic mass is 10.1. The van der Waals surface area contributed by atoms with Crippen LogP contribution in [-0.2, 0) is 9.53 Å². The Morgan fingerprint density at radius 3 is 2.69 bits per heavy atom. The summed E-state index contributed by atoms with van der Waals surface area (Å²) in [6.07, 6.45) is -0.284. The molecule has 16 heavy (non-hydrogen) atoms. The second-order valence-corrected chi connectivity index (χ2v) is 3.55. The van der Waals surface area contributed by atoms with Gasteiger partial charge in [0.25, 0.3) is 0 Å². The predicted molar refractivity (Wildman–Crippen MR) is 61.4 cm³/mol.